The van der Waals surface area contributed by atoms with E-state index in [4.69, 9.17) is 0 Å². The van der Waals surface area contributed by atoms with E-state index in [9.17, 15) is 0 Å². The molecule has 84 valence electrons. The molecule has 0 aliphatic heterocycles. The molecule has 0 amide bonds. The summed E-state index contributed by atoms with van der Waals surface area (Å²) in [5.74, 6) is 1.00. The maximum atomic E-state index is 4.20. The number of H-pyrrole nitrogens is 2. The van der Waals surface area contributed by atoms with Crippen LogP contribution >= 0.6 is 0 Å². The molecule has 0 aliphatic rings. The Kier molecular flexibility index (Phi) is 2.55. The van der Waals surface area contributed by atoms with Crippen molar-refractivity contribution in [1.29, 1.82) is 0 Å². The third-order valence-corrected chi connectivity index (χ3v) is 2.47. The first-order valence-corrected chi connectivity index (χ1v) is 5.04. The van der Waals surface area contributed by atoms with Crippen molar-refractivity contribution in [1.82, 2.24) is 19.9 Å². The van der Waals surface area contributed by atoms with Crippen molar-refractivity contribution in [2.75, 3.05) is 0 Å². The van der Waals surface area contributed by atoms with E-state index in [0.717, 1.165) is 22.8 Å². The minimum Gasteiger partial charge on any atom is -0.325 e. The van der Waals surface area contributed by atoms with Gasteiger partial charge in [-0.3, -0.25) is 0 Å². The Bertz CT molecular complexity index is 446. The second-order valence-electron chi connectivity index (χ2n) is 3.74. The minimum absolute atomic E-state index is 0.502. The fraction of sp³-hybridized carbons (Fsp3) is 0.400. The molecule has 0 radical (unpaired) electrons. The van der Waals surface area contributed by atoms with E-state index in [-0.39, 0.29) is 0 Å². The smallest absolute Gasteiger partial charge is 0.247 e. The standard InChI is InChI=1S/C10H14N6/c1-5-6(2)12-9(11-5)15-16-10-13-7(3)8(4)14-10/h1-4H3,(H,11,12)(H,13,14). The van der Waals surface area contributed by atoms with E-state index in [1.54, 1.807) is 0 Å². The number of aryl methyl sites for hydroxylation is 4. The van der Waals surface area contributed by atoms with Gasteiger partial charge in [-0.1, -0.05) is 0 Å². The van der Waals surface area contributed by atoms with Gasteiger partial charge in [0.1, 0.15) is 0 Å². The lowest BCUT2D eigenvalue weighted by Gasteiger charge is -1.83. The van der Waals surface area contributed by atoms with Crippen LogP contribution < -0.4 is 0 Å². The Morgan fingerprint density at radius 2 is 1.12 bits per heavy atom. The minimum atomic E-state index is 0.502. The number of hydrogen-bond acceptors (Lipinski definition) is 4. The lowest BCUT2D eigenvalue weighted by atomic mass is 10.4. The predicted molar refractivity (Wildman–Crippen MR) is 60.3 cm³/mol. The van der Waals surface area contributed by atoms with Crippen LogP contribution in [-0.2, 0) is 0 Å². The number of hydrogen-bond donors (Lipinski definition) is 2. The van der Waals surface area contributed by atoms with Gasteiger partial charge in [-0.05, 0) is 27.7 Å². The van der Waals surface area contributed by atoms with E-state index in [1.165, 1.54) is 0 Å². The summed E-state index contributed by atoms with van der Waals surface area (Å²) >= 11 is 0. The van der Waals surface area contributed by atoms with Crippen LogP contribution in [0.4, 0.5) is 11.9 Å². The van der Waals surface area contributed by atoms with Crippen LogP contribution in [0.2, 0.25) is 0 Å². The van der Waals surface area contributed by atoms with Crippen LogP contribution in [0.5, 0.6) is 0 Å². The molecule has 0 aromatic carbocycles. The van der Waals surface area contributed by atoms with E-state index >= 15 is 0 Å². The summed E-state index contributed by atoms with van der Waals surface area (Å²) in [6, 6.07) is 0. The van der Waals surface area contributed by atoms with Crippen molar-refractivity contribution >= 4 is 11.9 Å². The normalized spacial score (nSPS) is 11.5. The molecule has 2 heterocycles. The Morgan fingerprint density at radius 3 is 1.38 bits per heavy atom. The maximum Gasteiger partial charge on any atom is 0.247 e. The van der Waals surface area contributed by atoms with Crippen LogP contribution in [0.15, 0.2) is 10.2 Å². The second kappa shape index (κ2) is 3.88. The first kappa shape index (κ1) is 10.5. The summed E-state index contributed by atoms with van der Waals surface area (Å²) in [6.45, 7) is 7.74. The van der Waals surface area contributed by atoms with Crippen molar-refractivity contribution in [3.05, 3.63) is 22.8 Å². The molecule has 0 atom stereocenters. The van der Waals surface area contributed by atoms with Gasteiger partial charge in [-0.25, -0.2) is 9.97 Å². The molecule has 6 nitrogen and oxygen atoms in total. The Labute approximate surface area is 93.3 Å². The fourth-order valence-electron chi connectivity index (χ4n) is 1.25. The molecule has 2 N–H and O–H groups in total. The molecule has 0 spiro atoms. The molecule has 0 fully saturated rings. The monoisotopic (exact) mass is 218 g/mol. The van der Waals surface area contributed by atoms with Gasteiger partial charge in [-0.15, -0.1) is 10.2 Å². The Morgan fingerprint density at radius 1 is 0.750 bits per heavy atom. The highest BCUT2D eigenvalue weighted by Gasteiger charge is 2.02. The van der Waals surface area contributed by atoms with Crippen molar-refractivity contribution in [3.8, 4) is 0 Å². The van der Waals surface area contributed by atoms with Gasteiger partial charge in [-0.2, -0.15) is 0 Å². The van der Waals surface area contributed by atoms with Gasteiger partial charge in [0.05, 0.1) is 11.4 Å². The van der Waals surface area contributed by atoms with Gasteiger partial charge in [0, 0.05) is 11.4 Å². The maximum absolute atomic E-state index is 4.20. The van der Waals surface area contributed by atoms with Crippen molar-refractivity contribution in [3.63, 3.8) is 0 Å². The zero-order valence-corrected chi connectivity index (χ0v) is 9.79. The van der Waals surface area contributed by atoms with E-state index < -0.39 is 0 Å². The summed E-state index contributed by atoms with van der Waals surface area (Å²) < 4.78 is 0. The molecule has 0 bridgehead atoms. The molecular formula is C10H14N6. The Hall–Kier alpha value is -1.98. The molecule has 0 saturated heterocycles. The highest BCUT2D eigenvalue weighted by molar-refractivity contribution is 5.26. The highest BCUT2D eigenvalue weighted by atomic mass is 15.3. The zero-order valence-electron chi connectivity index (χ0n) is 9.79. The molecule has 6 heteroatoms. The molecule has 16 heavy (non-hydrogen) atoms. The van der Waals surface area contributed by atoms with Crippen molar-refractivity contribution in [2.24, 2.45) is 10.2 Å². The van der Waals surface area contributed by atoms with E-state index in [0.29, 0.717) is 11.9 Å². The average Bonchev–Trinajstić information content (AvgIpc) is 2.70. The first-order valence-electron chi connectivity index (χ1n) is 5.04. The third-order valence-electron chi connectivity index (χ3n) is 2.47. The average molecular weight is 218 g/mol. The zero-order chi connectivity index (χ0) is 11.7. The number of azo groups is 1. The predicted octanol–water partition coefficient (Wildman–Crippen LogP) is 2.78. The topological polar surface area (TPSA) is 82.1 Å². The van der Waals surface area contributed by atoms with Crippen LogP contribution in [-0.4, -0.2) is 19.9 Å². The largest absolute Gasteiger partial charge is 0.325 e. The number of rotatable bonds is 2. The fourth-order valence-corrected chi connectivity index (χ4v) is 1.25. The molecule has 2 rings (SSSR count). The lowest BCUT2D eigenvalue weighted by Crippen LogP contribution is -1.71. The number of nitrogens with one attached hydrogen (secondary N) is 2. The van der Waals surface area contributed by atoms with Crippen molar-refractivity contribution < 1.29 is 0 Å². The van der Waals surface area contributed by atoms with Gasteiger partial charge in [0.25, 0.3) is 0 Å². The number of aromatic nitrogens is 4. The lowest BCUT2D eigenvalue weighted by molar-refractivity contribution is 1.06. The number of aromatic amines is 2. The summed E-state index contributed by atoms with van der Waals surface area (Å²) in [5, 5.41) is 7.95. The summed E-state index contributed by atoms with van der Waals surface area (Å²) in [6.07, 6.45) is 0. The van der Waals surface area contributed by atoms with Crippen LogP contribution in [0.25, 0.3) is 0 Å². The summed E-state index contributed by atoms with van der Waals surface area (Å²) in [5.41, 5.74) is 3.86. The molecule has 2 aromatic rings. The molecule has 0 unspecified atom stereocenters. The Balaban J connectivity index is 2.20. The highest BCUT2D eigenvalue weighted by Crippen LogP contribution is 2.15. The second-order valence-corrected chi connectivity index (χ2v) is 3.74. The molecule has 0 aliphatic carbocycles. The van der Waals surface area contributed by atoms with Gasteiger partial charge >= 0.3 is 0 Å². The van der Waals surface area contributed by atoms with E-state index in [1.807, 2.05) is 27.7 Å². The van der Waals surface area contributed by atoms with Crippen LogP contribution in [0.1, 0.15) is 22.8 Å². The molecule has 0 saturated carbocycles. The number of nitrogens with zero attached hydrogens (tertiary/aromatic N) is 4. The van der Waals surface area contributed by atoms with Gasteiger partial charge in [0.15, 0.2) is 0 Å². The van der Waals surface area contributed by atoms with Crippen LogP contribution in [0, 0.1) is 27.7 Å². The van der Waals surface area contributed by atoms with E-state index in [2.05, 4.69) is 30.2 Å². The SMILES string of the molecule is Cc1nc(N=Nc2nc(C)c(C)[nH]2)[nH]c1C. The third kappa shape index (κ3) is 2.00. The first-order chi connectivity index (χ1) is 7.56. The quantitative estimate of drug-likeness (QED) is 0.760. The summed E-state index contributed by atoms with van der Waals surface area (Å²) in [7, 11) is 0. The van der Waals surface area contributed by atoms with Crippen molar-refractivity contribution in [2.45, 2.75) is 27.7 Å². The van der Waals surface area contributed by atoms with Gasteiger partial charge < -0.3 is 9.97 Å². The molecule has 2 aromatic heterocycles. The summed E-state index contributed by atoms with van der Waals surface area (Å²) in [4.78, 5) is 14.4. The molecular weight excluding hydrogens is 204 g/mol. The van der Waals surface area contributed by atoms with Gasteiger partial charge in [0.2, 0.25) is 11.9 Å². The number of imidazole rings is 2. The van der Waals surface area contributed by atoms with Crippen LogP contribution in [0.3, 0.4) is 0 Å².